The second-order valence-corrected chi connectivity index (χ2v) is 5.90. The molecule has 12 nitrogen and oxygen atoms in total. The first-order chi connectivity index (χ1) is 14.4. The largest absolute Gasteiger partial charge is 0.490 e. The quantitative estimate of drug-likeness (QED) is 0.454. The third-order valence-corrected chi connectivity index (χ3v) is 4.00. The molecule has 0 aromatic heterocycles. The van der Waals surface area contributed by atoms with Crippen LogP contribution in [0.1, 0.15) is 20.7 Å². The third kappa shape index (κ3) is 4.55. The van der Waals surface area contributed by atoms with Gasteiger partial charge in [0.05, 0.1) is 18.6 Å². The van der Waals surface area contributed by atoms with E-state index in [0.717, 1.165) is 6.07 Å². The zero-order chi connectivity index (χ0) is 21.7. The third-order valence-electron chi connectivity index (χ3n) is 4.00. The molecule has 0 fully saturated rings. The van der Waals surface area contributed by atoms with Crippen molar-refractivity contribution in [2.24, 2.45) is 0 Å². The fraction of sp³-hybridized carbons (Fsp3) is 0.167. The van der Waals surface area contributed by atoms with Gasteiger partial charge in [0.25, 0.3) is 17.7 Å². The molecule has 0 bridgehead atoms. The number of amides is 3. The number of nitrogens with one attached hydrogen (secondary N) is 3. The van der Waals surface area contributed by atoms with Gasteiger partial charge in [-0.3, -0.25) is 35.3 Å². The Morgan fingerprint density at radius 3 is 2.47 bits per heavy atom. The highest BCUT2D eigenvalue weighted by Crippen LogP contribution is 2.32. The molecule has 3 rings (SSSR count). The Bertz CT molecular complexity index is 1020. The first kappa shape index (κ1) is 20.4. The van der Waals surface area contributed by atoms with Crippen LogP contribution in [0.15, 0.2) is 36.4 Å². The zero-order valence-corrected chi connectivity index (χ0v) is 15.6. The van der Waals surface area contributed by atoms with Crippen LogP contribution >= 0.6 is 0 Å². The summed E-state index contributed by atoms with van der Waals surface area (Å²) in [5.74, 6) is -1.09. The van der Waals surface area contributed by atoms with E-state index in [4.69, 9.17) is 14.2 Å². The van der Waals surface area contributed by atoms with E-state index < -0.39 is 29.2 Å². The van der Waals surface area contributed by atoms with Crippen LogP contribution in [0.5, 0.6) is 17.2 Å². The lowest BCUT2D eigenvalue weighted by molar-refractivity contribution is -0.385. The average molecular weight is 416 g/mol. The van der Waals surface area contributed by atoms with Gasteiger partial charge in [0.2, 0.25) is 6.79 Å². The van der Waals surface area contributed by atoms with Gasteiger partial charge in [0.15, 0.2) is 17.2 Å². The number of rotatable bonds is 6. The minimum atomic E-state index is -0.710. The zero-order valence-electron chi connectivity index (χ0n) is 15.6. The monoisotopic (exact) mass is 416 g/mol. The number of hydrogen-bond donors (Lipinski definition) is 3. The molecule has 12 heteroatoms. The lowest BCUT2D eigenvalue weighted by Crippen LogP contribution is -2.46. The molecule has 30 heavy (non-hydrogen) atoms. The Labute approximate surface area is 169 Å². The molecule has 0 unspecified atom stereocenters. The van der Waals surface area contributed by atoms with Gasteiger partial charge in [-0.15, -0.1) is 0 Å². The summed E-state index contributed by atoms with van der Waals surface area (Å²) in [6.07, 6.45) is 0. The lowest BCUT2D eigenvalue weighted by atomic mass is 10.1. The highest BCUT2D eigenvalue weighted by atomic mass is 16.7. The number of hydrogen-bond acceptors (Lipinski definition) is 8. The number of fused-ring (bicyclic) bond motifs is 1. The number of benzene rings is 2. The van der Waals surface area contributed by atoms with E-state index in [0.29, 0.717) is 11.5 Å². The summed E-state index contributed by atoms with van der Waals surface area (Å²) in [6, 6.07) is 8.15. The molecule has 1 heterocycles. The van der Waals surface area contributed by atoms with Crippen molar-refractivity contribution in [1.82, 2.24) is 16.2 Å². The number of carbonyl (C=O) groups is 3. The molecule has 156 valence electrons. The van der Waals surface area contributed by atoms with Crippen molar-refractivity contribution in [2.45, 2.75) is 0 Å². The van der Waals surface area contributed by atoms with Crippen LogP contribution in [-0.2, 0) is 4.79 Å². The molecule has 3 N–H and O–H groups in total. The van der Waals surface area contributed by atoms with Crippen molar-refractivity contribution < 1.29 is 33.5 Å². The van der Waals surface area contributed by atoms with Crippen LogP contribution in [0.2, 0.25) is 0 Å². The van der Waals surface area contributed by atoms with E-state index in [1.807, 2.05) is 0 Å². The van der Waals surface area contributed by atoms with E-state index in [1.165, 1.54) is 31.4 Å². The van der Waals surface area contributed by atoms with Gasteiger partial charge in [-0.25, -0.2) is 0 Å². The second kappa shape index (κ2) is 8.77. The smallest absolute Gasteiger partial charge is 0.311 e. The number of methoxy groups -OCH3 is 1. The summed E-state index contributed by atoms with van der Waals surface area (Å²) < 4.78 is 15.2. The summed E-state index contributed by atoms with van der Waals surface area (Å²) in [4.78, 5) is 46.4. The van der Waals surface area contributed by atoms with Crippen molar-refractivity contribution in [1.29, 1.82) is 0 Å². The Kier molecular flexibility index (Phi) is 5.96. The summed E-state index contributed by atoms with van der Waals surface area (Å²) in [7, 11) is 1.27. The van der Waals surface area contributed by atoms with Crippen molar-refractivity contribution in [2.75, 3.05) is 20.4 Å². The topological polar surface area (TPSA) is 158 Å². The maximum absolute atomic E-state index is 12.1. The summed E-state index contributed by atoms with van der Waals surface area (Å²) >= 11 is 0. The minimum absolute atomic E-state index is 0.000484. The van der Waals surface area contributed by atoms with E-state index in [-0.39, 0.29) is 29.4 Å². The van der Waals surface area contributed by atoms with Crippen molar-refractivity contribution in [3.8, 4) is 17.2 Å². The van der Waals surface area contributed by atoms with Gasteiger partial charge < -0.3 is 19.5 Å². The molecule has 0 spiro atoms. The predicted molar refractivity (Wildman–Crippen MR) is 100 cm³/mol. The van der Waals surface area contributed by atoms with Crippen molar-refractivity contribution >= 4 is 23.4 Å². The SMILES string of the molecule is COc1ccc(C(=O)NCC(=O)NNC(=O)c2ccc3c(c2)OCO3)cc1[N+](=O)[O-]. The van der Waals surface area contributed by atoms with E-state index in [9.17, 15) is 24.5 Å². The molecule has 2 aromatic carbocycles. The number of ether oxygens (including phenoxy) is 3. The summed E-state index contributed by atoms with van der Waals surface area (Å²) in [6.45, 7) is -0.408. The summed E-state index contributed by atoms with van der Waals surface area (Å²) in [5.41, 5.74) is 4.17. The first-order valence-electron chi connectivity index (χ1n) is 8.48. The Morgan fingerprint density at radius 2 is 1.73 bits per heavy atom. The van der Waals surface area contributed by atoms with Crippen LogP contribution < -0.4 is 30.4 Å². The van der Waals surface area contributed by atoms with Crippen LogP contribution in [0.3, 0.4) is 0 Å². The number of hydrazine groups is 1. The maximum atomic E-state index is 12.1. The Balaban J connectivity index is 1.51. The first-order valence-corrected chi connectivity index (χ1v) is 8.48. The lowest BCUT2D eigenvalue weighted by Gasteiger charge is -2.09. The molecule has 0 aliphatic carbocycles. The Morgan fingerprint density at radius 1 is 1.03 bits per heavy atom. The van der Waals surface area contributed by atoms with E-state index in [2.05, 4.69) is 16.2 Å². The molecule has 0 atom stereocenters. The van der Waals surface area contributed by atoms with Crippen LogP contribution in [0, 0.1) is 10.1 Å². The van der Waals surface area contributed by atoms with Crippen LogP contribution in [0.25, 0.3) is 0 Å². The fourth-order valence-corrected chi connectivity index (χ4v) is 2.52. The number of carbonyl (C=O) groups excluding carboxylic acids is 3. The van der Waals surface area contributed by atoms with E-state index >= 15 is 0 Å². The molecular weight excluding hydrogens is 400 g/mol. The fourth-order valence-electron chi connectivity index (χ4n) is 2.52. The summed E-state index contributed by atoms with van der Waals surface area (Å²) in [5, 5.41) is 13.3. The van der Waals surface area contributed by atoms with E-state index in [1.54, 1.807) is 6.07 Å². The molecule has 2 aromatic rings. The maximum Gasteiger partial charge on any atom is 0.311 e. The molecule has 0 saturated carbocycles. The van der Waals surface area contributed by atoms with Crippen molar-refractivity contribution in [3.63, 3.8) is 0 Å². The molecular formula is C18H16N4O8. The molecule has 1 aliphatic heterocycles. The molecule has 3 amide bonds. The number of nitrogens with zero attached hydrogens (tertiary/aromatic N) is 1. The number of nitro groups is 1. The minimum Gasteiger partial charge on any atom is -0.490 e. The molecule has 0 radical (unpaired) electrons. The number of nitro benzene ring substituents is 1. The van der Waals surface area contributed by atoms with Gasteiger partial charge in [-0.2, -0.15) is 0 Å². The van der Waals surface area contributed by atoms with Crippen LogP contribution in [0.4, 0.5) is 5.69 Å². The van der Waals surface area contributed by atoms with Gasteiger partial charge in [-0.1, -0.05) is 0 Å². The predicted octanol–water partition coefficient (Wildman–Crippen LogP) is 0.523. The van der Waals surface area contributed by atoms with Gasteiger partial charge in [0.1, 0.15) is 0 Å². The van der Waals surface area contributed by atoms with Crippen molar-refractivity contribution in [3.05, 3.63) is 57.6 Å². The second-order valence-electron chi connectivity index (χ2n) is 5.90. The molecule has 0 saturated heterocycles. The van der Waals surface area contributed by atoms with Gasteiger partial charge >= 0.3 is 5.69 Å². The molecule has 1 aliphatic rings. The van der Waals surface area contributed by atoms with Gasteiger partial charge in [-0.05, 0) is 30.3 Å². The standard InChI is InChI=1S/C18H16N4O8/c1-28-13-4-2-10(6-12(13)22(26)27)17(24)19-8-16(23)20-21-18(25)11-3-5-14-15(7-11)30-9-29-14/h2-7H,8-9H2,1H3,(H,19,24)(H,20,23)(H,21,25). The highest BCUT2D eigenvalue weighted by molar-refractivity contribution is 5.98. The average Bonchev–Trinajstić information content (AvgIpc) is 3.23. The van der Waals surface area contributed by atoms with Crippen LogP contribution in [-0.4, -0.2) is 43.1 Å². The highest BCUT2D eigenvalue weighted by Gasteiger charge is 2.19. The normalized spacial score (nSPS) is 11.4. The van der Waals surface area contributed by atoms with Gasteiger partial charge in [0, 0.05) is 17.2 Å². The Hall–Kier alpha value is -4.35.